The maximum absolute atomic E-state index is 13.0. The summed E-state index contributed by atoms with van der Waals surface area (Å²) in [5.74, 6) is -1.14. The van der Waals surface area contributed by atoms with Gasteiger partial charge in [0.15, 0.2) is 5.69 Å². The van der Waals surface area contributed by atoms with Crippen molar-refractivity contribution in [3.8, 4) is 0 Å². The maximum atomic E-state index is 13.0. The molecule has 0 spiro atoms. The summed E-state index contributed by atoms with van der Waals surface area (Å²) in [5.41, 5.74) is 0.473. The highest BCUT2D eigenvalue weighted by Gasteiger charge is 2.08. The Kier molecular flexibility index (Phi) is 4.97. The third-order valence-electron chi connectivity index (χ3n) is 2.66. The van der Waals surface area contributed by atoms with Gasteiger partial charge in [-0.3, -0.25) is 9.59 Å². The number of amides is 2. The second kappa shape index (κ2) is 7.13. The molecule has 1 heterocycles. The van der Waals surface area contributed by atoms with E-state index >= 15 is 0 Å². The first kappa shape index (κ1) is 14.6. The fraction of sp³-hybridized carbons (Fsp3) is 0.231. The number of nitrogens with one attached hydrogen (secondary N) is 3. The van der Waals surface area contributed by atoms with Crippen LogP contribution >= 0.6 is 0 Å². The number of rotatable bonds is 6. The van der Waals surface area contributed by atoms with E-state index < -0.39 is 5.82 Å². The predicted octanol–water partition coefficient (Wildman–Crippen LogP) is 0.494. The van der Waals surface area contributed by atoms with E-state index in [1.165, 1.54) is 30.5 Å². The summed E-state index contributed by atoms with van der Waals surface area (Å²) in [6, 6.07) is 5.45. The molecule has 0 atom stereocenters. The molecule has 0 aliphatic heterocycles. The van der Waals surface area contributed by atoms with Crippen molar-refractivity contribution in [1.82, 2.24) is 26.0 Å². The van der Waals surface area contributed by atoms with Crippen molar-refractivity contribution < 1.29 is 14.0 Å². The quantitative estimate of drug-likeness (QED) is 0.674. The van der Waals surface area contributed by atoms with Crippen LogP contribution < -0.4 is 10.6 Å². The summed E-state index contributed by atoms with van der Waals surface area (Å²) in [6.07, 6.45) is 1.87. The molecule has 0 aliphatic carbocycles. The second-order valence-corrected chi connectivity index (χ2v) is 4.23. The number of carbonyl (C=O) groups is 2. The fourth-order valence-electron chi connectivity index (χ4n) is 1.63. The van der Waals surface area contributed by atoms with Crippen LogP contribution in [0.5, 0.6) is 0 Å². The van der Waals surface area contributed by atoms with Gasteiger partial charge in [-0.05, 0) is 24.6 Å². The predicted molar refractivity (Wildman–Crippen MR) is 72.1 cm³/mol. The van der Waals surface area contributed by atoms with Gasteiger partial charge in [-0.1, -0.05) is 6.07 Å². The molecule has 0 saturated heterocycles. The van der Waals surface area contributed by atoms with Crippen LogP contribution in [0.2, 0.25) is 0 Å². The molecule has 1 aromatic carbocycles. The molecule has 0 saturated carbocycles. The molecule has 110 valence electrons. The van der Waals surface area contributed by atoms with Crippen molar-refractivity contribution in [3.05, 3.63) is 47.5 Å². The van der Waals surface area contributed by atoms with Gasteiger partial charge in [-0.2, -0.15) is 15.4 Å². The zero-order valence-electron chi connectivity index (χ0n) is 11.1. The summed E-state index contributed by atoms with van der Waals surface area (Å²) >= 11 is 0. The smallest absolute Gasteiger partial charge is 0.273 e. The van der Waals surface area contributed by atoms with Crippen molar-refractivity contribution in [2.24, 2.45) is 0 Å². The molecular weight excluding hydrogens is 277 g/mol. The van der Waals surface area contributed by atoms with Gasteiger partial charge in [0.25, 0.3) is 11.8 Å². The van der Waals surface area contributed by atoms with Crippen LogP contribution in [0.4, 0.5) is 4.39 Å². The van der Waals surface area contributed by atoms with Gasteiger partial charge in [0.2, 0.25) is 0 Å². The summed E-state index contributed by atoms with van der Waals surface area (Å²) in [5, 5.41) is 14.8. The topological polar surface area (TPSA) is 99.8 Å². The third kappa shape index (κ3) is 4.37. The molecular formula is C13H14FN5O2. The molecule has 0 bridgehead atoms. The monoisotopic (exact) mass is 291 g/mol. The fourth-order valence-corrected chi connectivity index (χ4v) is 1.63. The summed E-state index contributed by atoms with van der Waals surface area (Å²) in [6.45, 7) is 0.754. The molecule has 1 aromatic heterocycles. The van der Waals surface area contributed by atoms with Crippen LogP contribution in [-0.4, -0.2) is 40.3 Å². The molecule has 8 heteroatoms. The number of nitrogens with zero attached hydrogens (tertiary/aromatic N) is 2. The third-order valence-corrected chi connectivity index (χ3v) is 2.66. The van der Waals surface area contributed by atoms with Gasteiger partial charge in [-0.15, -0.1) is 0 Å². The van der Waals surface area contributed by atoms with Crippen LogP contribution in [0, 0.1) is 5.82 Å². The standard InChI is InChI=1S/C13H14FN5O2/c14-10-4-1-3-9(7-10)12(20)15-5-2-6-16-13(21)11-8-17-19-18-11/h1,3-4,7-8H,2,5-6H2,(H,15,20)(H,16,21)(H,17,18,19). The summed E-state index contributed by atoms with van der Waals surface area (Å²) in [4.78, 5) is 23.2. The van der Waals surface area contributed by atoms with Gasteiger partial charge < -0.3 is 10.6 Å². The van der Waals surface area contributed by atoms with Gasteiger partial charge in [0, 0.05) is 18.7 Å². The Hall–Kier alpha value is -2.77. The molecule has 3 N–H and O–H groups in total. The lowest BCUT2D eigenvalue weighted by molar-refractivity contribution is 0.0948. The SMILES string of the molecule is O=C(NCCCNC(=O)c1cn[nH]n1)c1cccc(F)c1. The van der Waals surface area contributed by atoms with E-state index in [4.69, 9.17) is 0 Å². The van der Waals surface area contributed by atoms with Crippen molar-refractivity contribution in [3.63, 3.8) is 0 Å². The molecule has 7 nitrogen and oxygen atoms in total. The van der Waals surface area contributed by atoms with Crippen LogP contribution in [-0.2, 0) is 0 Å². The van der Waals surface area contributed by atoms with E-state index in [1.54, 1.807) is 0 Å². The van der Waals surface area contributed by atoms with Crippen LogP contribution in [0.3, 0.4) is 0 Å². The minimum absolute atomic E-state index is 0.207. The first-order valence-corrected chi connectivity index (χ1v) is 6.34. The van der Waals surface area contributed by atoms with Crippen molar-refractivity contribution in [1.29, 1.82) is 0 Å². The molecule has 0 fully saturated rings. The zero-order chi connectivity index (χ0) is 15.1. The Balaban J connectivity index is 1.66. The number of aromatic amines is 1. The number of carbonyl (C=O) groups excluding carboxylic acids is 2. The number of hydrogen-bond acceptors (Lipinski definition) is 4. The van der Waals surface area contributed by atoms with E-state index in [-0.39, 0.29) is 23.1 Å². The van der Waals surface area contributed by atoms with E-state index in [9.17, 15) is 14.0 Å². The minimum Gasteiger partial charge on any atom is -0.352 e. The number of benzene rings is 1. The van der Waals surface area contributed by atoms with E-state index in [2.05, 4.69) is 26.0 Å². The van der Waals surface area contributed by atoms with Crippen LogP contribution in [0.15, 0.2) is 30.5 Å². The Labute approximate surface area is 119 Å². The van der Waals surface area contributed by atoms with Crippen molar-refractivity contribution >= 4 is 11.8 Å². The van der Waals surface area contributed by atoms with Gasteiger partial charge in [0.1, 0.15) is 5.82 Å². The average Bonchev–Trinajstić information content (AvgIpc) is 3.00. The molecule has 0 aliphatic rings. The summed E-state index contributed by atoms with van der Waals surface area (Å²) < 4.78 is 13.0. The van der Waals surface area contributed by atoms with Crippen molar-refractivity contribution in [2.75, 3.05) is 13.1 Å². The zero-order valence-corrected chi connectivity index (χ0v) is 11.1. The Morgan fingerprint density at radius 1 is 1.19 bits per heavy atom. The maximum Gasteiger partial charge on any atom is 0.273 e. The molecule has 2 amide bonds. The highest BCUT2D eigenvalue weighted by atomic mass is 19.1. The molecule has 2 rings (SSSR count). The normalized spacial score (nSPS) is 10.1. The highest BCUT2D eigenvalue weighted by Crippen LogP contribution is 2.02. The van der Waals surface area contributed by atoms with E-state index in [0.717, 1.165) is 0 Å². The molecule has 2 aromatic rings. The number of H-pyrrole nitrogens is 1. The van der Waals surface area contributed by atoms with E-state index in [1.807, 2.05) is 0 Å². The number of aromatic nitrogens is 3. The Morgan fingerprint density at radius 2 is 1.95 bits per heavy atom. The van der Waals surface area contributed by atoms with Crippen molar-refractivity contribution in [2.45, 2.75) is 6.42 Å². The lowest BCUT2D eigenvalue weighted by Crippen LogP contribution is -2.30. The largest absolute Gasteiger partial charge is 0.352 e. The minimum atomic E-state index is -0.456. The molecule has 0 unspecified atom stereocenters. The average molecular weight is 291 g/mol. The van der Waals surface area contributed by atoms with Crippen LogP contribution in [0.1, 0.15) is 27.3 Å². The Morgan fingerprint density at radius 3 is 2.62 bits per heavy atom. The molecule has 21 heavy (non-hydrogen) atoms. The van der Waals surface area contributed by atoms with Gasteiger partial charge >= 0.3 is 0 Å². The first-order chi connectivity index (χ1) is 10.2. The first-order valence-electron chi connectivity index (χ1n) is 6.34. The van der Waals surface area contributed by atoms with Crippen LogP contribution in [0.25, 0.3) is 0 Å². The summed E-state index contributed by atoms with van der Waals surface area (Å²) in [7, 11) is 0. The second-order valence-electron chi connectivity index (χ2n) is 4.23. The number of halogens is 1. The number of hydrogen-bond donors (Lipinski definition) is 3. The van der Waals surface area contributed by atoms with Gasteiger partial charge in [0.05, 0.1) is 6.20 Å². The Bertz CT molecular complexity index is 615. The van der Waals surface area contributed by atoms with Gasteiger partial charge in [-0.25, -0.2) is 4.39 Å². The molecule has 0 radical (unpaired) electrons. The lowest BCUT2D eigenvalue weighted by Gasteiger charge is -2.06. The lowest BCUT2D eigenvalue weighted by atomic mass is 10.2. The van der Waals surface area contributed by atoms with E-state index in [0.29, 0.717) is 19.5 Å². The highest BCUT2D eigenvalue weighted by molar-refractivity contribution is 5.94.